The summed E-state index contributed by atoms with van der Waals surface area (Å²) in [5.74, 6) is 0.521. The van der Waals surface area contributed by atoms with Crippen LogP contribution in [-0.4, -0.2) is 27.8 Å². The van der Waals surface area contributed by atoms with E-state index in [2.05, 4.69) is 15.5 Å². The van der Waals surface area contributed by atoms with E-state index in [4.69, 9.17) is 17.0 Å². The number of benzene rings is 2. The molecular weight excluding hydrogens is 360 g/mol. The fourth-order valence-corrected chi connectivity index (χ4v) is 3.09. The first-order valence-electron chi connectivity index (χ1n) is 8.63. The third-order valence-electron chi connectivity index (χ3n) is 4.23. The Morgan fingerprint density at radius 2 is 2.00 bits per heavy atom. The van der Waals surface area contributed by atoms with Gasteiger partial charge in [0.1, 0.15) is 6.54 Å². The van der Waals surface area contributed by atoms with Crippen LogP contribution >= 0.6 is 12.2 Å². The number of carbonyl (C=O) groups excluding carboxylic acids is 1. The minimum atomic E-state index is -0.131. The fourth-order valence-electron chi connectivity index (χ4n) is 2.89. The van der Waals surface area contributed by atoms with Crippen LogP contribution in [-0.2, 0) is 29.2 Å². The minimum absolute atomic E-state index is 0.102. The van der Waals surface area contributed by atoms with Crippen molar-refractivity contribution in [1.29, 1.82) is 0 Å². The van der Waals surface area contributed by atoms with Gasteiger partial charge in [-0.05, 0) is 36.3 Å². The van der Waals surface area contributed by atoms with E-state index in [1.807, 2.05) is 55.5 Å². The van der Waals surface area contributed by atoms with Crippen molar-refractivity contribution in [2.24, 2.45) is 0 Å². The number of methoxy groups -OCH3 is 1. The maximum Gasteiger partial charge on any atom is 0.240 e. The quantitative estimate of drug-likeness (QED) is 0.615. The average Bonchev–Trinajstić information content (AvgIpc) is 3.02. The second-order valence-corrected chi connectivity index (χ2v) is 6.67. The van der Waals surface area contributed by atoms with Crippen molar-refractivity contribution in [3.8, 4) is 11.4 Å². The van der Waals surface area contributed by atoms with Gasteiger partial charge in [0.2, 0.25) is 5.91 Å². The van der Waals surface area contributed by atoms with Crippen LogP contribution in [0.1, 0.15) is 16.7 Å². The standard InChI is InChI=1S/C20H22N4O2S/c1-14-6-5-9-15(10-14)19-22-23-20(27)24(19)12-18(25)21-11-16-7-3-4-8-17(16)13-26-2/h3-10H,11-13H2,1-2H3,(H,21,25)(H,23,27). The van der Waals surface area contributed by atoms with E-state index in [0.29, 0.717) is 23.7 Å². The molecule has 27 heavy (non-hydrogen) atoms. The maximum absolute atomic E-state index is 12.5. The van der Waals surface area contributed by atoms with Crippen LogP contribution in [0, 0.1) is 11.7 Å². The van der Waals surface area contributed by atoms with Crippen molar-refractivity contribution in [1.82, 2.24) is 20.1 Å². The van der Waals surface area contributed by atoms with E-state index < -0.39 is 0 Å². The first-order chi connectivity index (χ1) is 13.1. The molecule has 0 atom stereocenters. The molecule has 0 fully saturated rings. The van der Waals surface area contributed by atoms with Crippen molar-refractivity contribution >= 4 is 18.1 Å². The van der Waals surface area contributed by atoms with E-state index in [0.717, 1.165) is 22.3 Å². The monoisotopic (exact) mass is 382 g/mol. The van der Waals surface area contributed by atoms with Gasteiger partial charge in [-0.15, -0.1) is 0 Å². The van der Waals surface area contributed by atoms with Gasteiger partial charge in [-0.25, -0.2) is 0 Å². The summed E-state index contributed by atoms with van der Waals surface area (Å²) in [5, 5.41) is 10.0. The highest BCUT2D eigenvalue weighted by Gasteiger charge is 2.13. The molecule has 0 saturated heterocycles. The molecule has 1 amide bonds. The summed E-state index contributed by atoms with van der Waals surface area (Å²) in [6, 6.07) is 15.8. The van der Waals surface area contributed by atoms with Gasteiger partial charge in [0.05, 0.1) is 6.61 Å². The molecule has 0 aliphatic heterocycles. The number of nitrogens with one attached hydrogen (secondary N) is 2. The van der Waals surface area contributed by atoms with Crippen LogP contribution in [0.25, 0.3) is 11.4 Å². The topological polar surface area (TPSA) is 71.9 Å². The lowest BCUT2D eigenvalue weighted by atomic mass is 10.1. The molecule has 2 N–H and O–H groups in total. The van der Waals surface area contributed by atoms with Gasteiger partial charge in [0.25, 0.3) is 0 Å². The van der Waals surface area contributed by atoms with Gasteiger partial charge in [-0.2, -0.15) is 5.10 Å². The van der Waals surface area contributed by atoms with Crippen molar-refractivity contribution in [3.63, 3.8) is 0 Å². The van der Waals surface area contributed by atoms with Gasteiger partial charge in [0.15, 0.2) is 10.6 Å². The number of hydrogen-bond donors (Lipinski definition) is 2. The molecule has 0 radical (unpaired) electrons. The summed E-state index contributed by atoms with van der Waals surface area (Å²) >= 11 is 5.31. The zero-order valence-electron chi connectivity index (χ0n) is 15.4. The minimum Gasteiger partial charge on any atom is -0.380 e. The molecule has 1 heterocycles. The van der Waals surface area contributed by atoms with Crippen molar-refractivity contribution < 1.29 is 9.53 Å². The number of hydrogen-bond acceptors (Lipinski definition) is 4. The maximum atomic E-state index is 12.5. The molecule has 0 bridgehead atoms. The number of amides is 1. The summed E-state index contributed by atoms with van der Waals surface area (Å²) in [5.41, 5.74) is 4.12. The second-order valence-electron chi connectivity index (χ2n) is 6.29. The Bertz CT molecular complexity index is 993. The SMILES string of the molecule is COCc1ccccc1CNC(=O)Cn1c(-c2cccc(C)c2)n[nH]c1=S. The van der Waals surface area contributed by atoms with Crippen LogP contribution < -0.4 is 5.32 Å². The molecular formula is C20H22N4O2S. The van der Waals surface area contributed by atoms with Gasteiger partial charge >= 0.3 is 0 Å². The highest BCUT2D eigenvalue weighted by Crippen LogP contribution is 2.18. The number of aryl methyl sites for hydroxylation is 1. The molecule has 3 aromatic rings. The number of H-pyrrole nitrogens is 1. The Labute approximate surface area is 163 Å². The van der Waals surface area contributed by atoms with Gasteiger partial charge < -0.3 is 10.1 Å². The Kier molecular flexibility index (Phi) is 6.16. The molecule has 6 nitrogen and oxygen atoms in total. The van der Waals surface area contributed by atoms with E-state index in [1.165, 1.54) is 0 Å². The van der Waals surface area contributed by atoms with Gasteiger partial charge in [-0.3, -0.25) is 14.5 Å². The molecule has 140 valence electrons. The lowest BCUT2D eigenvalue weighted by Gasteiger charge is -2.11. The number of rotatable bonds is 7. The number of aromatic nitrogens is 3. The zero-order chi connectivity index (χ0) is 19.2. The first-order valence-corrected chi connectivity index (χ1v) is 9.04. The predicted molar refractivity (Wildman–Crippen MR) is 107 cm³/mol. The first kappa shape index (κ1) is 19.0. The molecule has 0 spiro atoms. The summed E-state index contributed by atoms with van der Waals surface area (Å²) in [7, 11) is 1.66. The van der Waals surface area contributed by atoms with Crippen molar-refractivity contribution in [2.75, 3.05) is 7.11 Å². The molecule has 0 aliphatic rings. The third kappa shape index (κ3) is 4.69. The highest BCUT2D eigenvalue weighted by atomic mass is 32.1. The van der Waals surface area contributed by atoms with Crippen LogP contribution in [0.15, 0.2) is 48.5 Å². The molecule has 3 rings (SSSR count). The fraction of sp³-hybridized carbons (Fsp3) is 0.250. The molecule has 0 unspecified atom stereocenters. The van der Waals surface area contributed by atoms with Crippen LogP contribution in [0.4, 0.5) is 0 Å². The van der Waals surface area contributed by atoms with Crippen LogP contribution in [0.5, 0.6) is 0 Å². The van der Waals surface area contributed by atoms with Crippen LogP contribution in [0.2, 0.25) is 0 Å². The van der Waals surface area contributed by atoms with E-state index in [9.17, 15) is 4.79 Å². The lowest BCUT2D eigenvalue weighted by Crippen LogP contribution is -2.28. The largest absolute Gasteiger partial charge is 0.380 e. The predicted octanol–water partition coefficient (Wildman–Crippen LogP) is 3.38. The van der Waals surface area contributed by atoms with Crippen molar-refractivity contribution in [3.05, 3.63) is 70.0 Å². The molecule has 0 saturated carbocycles. The van der Waals surface area contributed by atoms with Crippen molar-refractivity contribution in [2.45, 2.75) is 26.6 Å². The average molecular weight is 382 g/mol. The highest BCUT2D eigenvalue weighted by molar-refractivity contribution is 7.71. The number of carbonyl (C=O) groups is 1. The summed E-state index contributed by atoms with van der Waals surface area (Å²) in [6.07, 6.45) is 0. The van der Waals surface area contributed by atoms with E-state index in [-0.39, 0.29) is 12.5 Å². The van der Waals surface area contributed by atoms with Gasteiger partial charge in [-0.1, -0.05) is 48.0 Å². The second kappa shape index (κ2) is 8.75. The van der Waals surface area contributed by atoms with Gasteiger partial charge in [0, 0.05) is 19.2 Å². The Hall–Kier alpha value is -2.77. The molecule has 7 heteroatoms. The number of ether oxygens (including phenoxy) is 1. The lowest BCUT2D eigenvalue weighted by molar-refractivity contribution is -0.121. The Morgan fingerprint density at radius 1 is 1.22 bits per heavy atom. The third-order valence-corrected chi connectivity index (χ3v) is 4.54. The van der Waals surface area contributed by atoms with E-state index >= 15 is 0 Å². The summed E-state index contributed by atoms with van der Waals surface area (Å²) in [4.78, 5) is 12.5. The zero-order valence-corrected chi connectivity index (χ0v) is 16.2. The van der Waals surface area contributed by atoms with E-state index in [1.54, 1.807) is 11.7 Å². The number of aromatic amines is 1. The smallest absolute Gasteiger partial charge is 0.240 e. The molecule has 2 aromatic carbocycles. The molecule has 1 aromatic heterocycles. The normalized spacial score (nSPS) is 10.7. The number of nitrogens with zero attached hydrogens (tertiary/aromatic N) is 2. The molecule has 0 aliphatic carbocycles. The Morgan fingerprint density at radius 3 is 2.74 bits per heavy atom. The summed E-state index contributed by atoms with van der Waals surface area (Å²) < 4.78 is 7.33. The van der Waals surface area contributed by atoms with Crippen LogP contribution in [0.3, 0.4) is 0 Å². The Balaban J connectivity index is 1.72. The summed E-state index contributed by atoms with van der Waals surface area (Å²) in [6.45, 7) is 3.06.